The van der Waals surface area contributed by atoms with Crippen molar-refractivity contribution < 1.29 is 9.53 Å². The van der Waals surface area contributed by atoms with Gasteiger partial charge in [-0.25, -0.2) is 4.79 Å². The van der Waals surface area contributed by atoms with E-state index < -0.39 is 5.60 Å². The van der Waals surface area contributed by atoms with Crippen LogP contribution in [0.5, 0.6) is 0 Å². The molecule has 0 radical (unpaired) electrons. The van der Waals surface area contributed by atoms with Crippen molar-refractivity contribution >= 4 is 17.9 Å². The number of likely N-dealkylation sites (tertiary alicyclic amines) is 1. The summed E-state index contributed by atoms with van der Waals surface area (Å²) in [6, 6.07) is 0.305. The van der Waals surface area contributed by atoms with E-state index in [0.717, 1.165) is 38.4 Å². The Morgan fingerprint density at radius 1 is 1.35 bits per heavy atom. The minimum atomic E-state index is -0.404. The van der Waals surface area contributed by atoms with Gasteiger partial charge in [-0.3, -0.25) is 0 Å². The number of carbonyl (C=O) groups excluding carboxylic acids is 1. The first-order valence-electron chi connectivity index (χ1n) is 7.74. The Kier molecular flexibility index (Phi) is 5.61. The third-order valence-electron chi connectivity index (χ3n) is 3.84. The Labute approximate surface area is 127 Å². The molecule has 20 heavy (non-hydrogen) atoms. The van der Waals surface area contributed by atoms with Gasteiger partial charge < -0.3 is 15.0 Å². The van der Waals surface area contributed by atoms with Crippen LogP contribution in [0, 0.1) is 5.92 Å². The van der Waals surface area contributed by atoms with E-state index in [1.807, 2.05) is 25.7 Å². The van der Waals surface area contributed by atoms with Crippen molar-refractivity contribution in [1.82, 2.24) is 10.2 Å². The molecule has 2 fully saturated rings. The molecule has 5 heteroatoms. The smallest absolute Gasteiger partial charge is 0.410 e. The first kappa shape index (κ1) is 16.0. The van der Waals surface area contributed by atoms with Crippen LogP contribution in [0.15, 0.2) is 0 Å². The van der Waals surface area contributed by atoms with Gasteiger partial charge in [0, 0.05) is 19.1 Å². The predicted octanol–water partition coefficient (Wildman–Crippen LogP) is 2.73. The summed E-state index contributed by atoms with van der Waals surface area (Å²) >= 11 is 2.05. The minimum absolute atomic E-state index is 0.154. The van der Waals surface area contributed by atoms with Gasteiger partial charge in [0.05, 0.1) is 0 Å². The van der Waals surface area contributed by atoms with Crippen molar-refractivity contribution in [2.24, 2.45) is 5.92 Å². The zero-order chi connectivity index (χ0) is 14.6. The van der Waals surface area contributed by atoms with Gasteiger partial charge in [-0.15, -0.1) is 0 Å². The van der Waals surface area contributed by atoms with Crippen LogP contribution >= 0.6 is 11.8 Å². The van der Waals surface area contributed by atoms with Crippen LogP contribution in [0.4, 0.5) is 4.79 Å². The highest BCUT2D eigenvalue weighted by molar-refractivity contribution is 7.99. The van der Waals surface area contributed by atoms with Gasteiger partial charge in [0.25, 0.3) is 0 Å². The van der Waals surface area contributed by atoms with Crippen LogP contribution in [0.25, 0.3) is 0 Å². The molecule has 0 aromatic carbocycles. The Bertz CT molecular complexity index is 324. The number of hydrogen-bond acceptors (Lipinski definition) is 4. The lowest BCUT2D eigenvalue weighted by atomic mass is 10.1. The number of nitrogens with zero attached hydrogens (tertiary/aromatic N) is 1. The summed E-state index contributed by atoms with van der Waals surface area (Å²) in [5, 5.41) is 3.55. The van der Waals surface area contributed by atoms with E-state index in [9.17, 15) is 4.79 Å². The molecule has 2 rings (SSSR count). The van der Waals surface area contributed by atoms with Gasteiger partial charge in [0.2, 0.25) is 0 Å². The fraction of sp³-hybridized carbons (Fsp3) is 0.933. The Morgan fingerprint density at radius 2 is 2.15 bits per heavy atom. The molecule has 0 spiro atoms. The third kappa shape index (κ3) is 4.85. The molecule has 1 N–H and O–H groups in total. The van der Waals surface area contributed by atoms with E-state index in [4.69, 9.17) is 4.74 Å². The third-order valence-corrected chi connectivity index (χ3v) is 5.07. The summed E-state index contributed by atoms with van der Waals surface area (Å²) in [5.74, 6) is 3.41. The average Bonchev–Trinajstić information content (AvgIpc) is 2.97. The maximum Gasteiger partial charge on any atom is 0.410 e. The largest absolute Gasteiger partial charge is 0.444 e. The lowest BCUT2D eigenvalue weighted by molar-refractivity contribution is 0.0226. The molecule has 2 saturated heterocycles. The average molecular weight is 300 g/mol. The first-order chi connectivity index (χ1) is 9.46. The second-order valence-corrected chi connectivity index (χ2v) is 8.01. The number of thioether (sulfide) groups is 1. The van der Waals surface area contributed by atoms with Gasteiger partial charge in [0.1, 0.15) is 5.60 Å². The van der Waals surface area contributed by atoms with E-state index >= 15 is 0 Å². The van der Waals surface area contributed by atoms with Crippen LogP contribution in [0.2, 0.25) is 0 Å². The number of rotatable bonds is 4. The molecule has 2 aliphatic heterocycles. The molecule has 0 bridgehead atoms. The molecular weight excluding hydrogens is 272 g/mol. The topological polar surface area (TPSA) is 41.6 Å². The number of amides is 1. The van der Waals surface area contributed by atoms with Crippen LogP contribution in [0.1, 0.15) is 40.0 Å². The SMILES string of the molecule is CC(C)(C)OC(=O)N1CCCC1CNCC1CCSC1. The van der Waals surface area contributed by atoms with Crippen molar-refractivity contribution in [3.63, 3.8) is 0 Å². The van der Waals surface area contributed by atoms with Crippen molar-refractivity contribution in [1.29, 1.82) is 0 Å². The molecule has 2 unspecified atom stereocenters. The number of ether oxygens (including phenoxy) is 1. The lowest BCUT2D eigenvalue weighted by Crippen LogP contribution is -2.44. The summed E-state index contributed by atoms with van der Waals surface area (Å²) in [7, 11) is 0. The lowest BCUT2D eigenvalue weighted by Gasteiger charge is -2.29. The Morgan fingerprint density at radius 3 is 2.80 bits per heavy atom. The maximum absolute atomic E-state index is 12.2. The fourth-order valence-electron chi connectivity index (χ4n) is 2.81. The molecule has 0 saturated carbocycles. The Hall–Kier alpha value is -0.420. The number of nitrogens with one attached hydrogen (secondary N) is 1. The van der Waals surface area contributed by atoms with E-state index in [0.29, 0.717) is 6.04 Å². The van der Waals surface area contributed by atoms with E-state index in [1.54, 1.807) is 0 Å². The van der Waals surface area contributed by atoms with Crippen molar-refractivity contribution in [3.05, 3.63) is 0 Å². The summed E-state index contributed by atoms with van der Waals surface area (Å²) < 4.78 is 5.49. The molecule has 0 aromatic rings. The van der Waals surface area contributed by atoms with Crippen LogP contribution in [0.3, 0.4) is 0 Å². The minimum Gasteiger partial charge on any atom is -0.444 e. The second-order valence-electron chi connectivity index (χ2n) is 6.86. The van der Waals surface area contributed by atoms with Crippen molar-refractivity contribution in [2.75, 3.05) is 31.1 Å². The first-order valence-corrected chi connectivity index (χ1v) is 8.89. The van der Waals surface area contributed by atoms with Crippen molar-refractivity contribution in [2.45, 2.75) is 51.7 Å². The molecule has 1 amide bonds. The molecule has 116 valence electrons. The van der Waals surface area contributed by atoms with Gasteiger partial charge in [0.15, 0.2) is 0 Å². The van der Waals surface area contributed by atoms with E-state index in [2.05, 4.69) is 17.1 Å². The van der Waals surface area contributed by atoms with Crippen LogP contribution < -0.4 is 5.32 Å². The van der Waals surface area contributed by atoms with E-state index in [1.165, 1.54) is 17.9 Å². The highest BCUT2D eigenvalue weighted by Crippen LogP contribution is 2.23. The molecule has 0 aliphatic carbocycles. The number of carbonyl (C=O) groups is 1. The van der Waals surface area contributed by atoms with Crippen LogP contribution in [-0.4, -0.2) is 53.8 Å². The molecule has 2 heterocycles. The molecule has 2 aliphatic rings. The monoisotopic (exact) mass is 300 g/mol. The van der Waals surface area contributed by atoms with Gasteiger partial charge in [-0.1, -0.05) is 0 Å². The standard InChI is InChI=1S/C15H28N2O2S/c1-15(2,3)19-14(18)17-7-4-5-13(17)10-16-9-12-6-8-20-11-12/h12-13,16H,4-11H2,1-3H3. The number of hydrogen-bond donors (Lipinski definition) is 1. The molecule has 2 atom stereocenters. The summed E-state index contributed by atoms with van der Waals surface area (Å²) in [6.45, 7) is 8.59. The zero-order valence-electron chi connectivity index (χ0n) is 13.0. The van der Waals surface area contributed by atoms with E-state index in [-0.39, 0.29) is 6.09 Å². The summed E-state index contributed by atoms with van der Waals surface area (Å²) in [5.41, 5.74) is -0.404. The summed E-state index contributed by atoms with van der Waals surface area (Å²) in [6.07, 6.45) is 3.35. The molecule has 4 nitrogen and oxygen atoms in total. The highest BCUT2D eigenvalue weighted by atomic mass is 32.2. The van der Waals surface area contributed by atoms with Gasteiger partial charge in [-0.05, 0) is 64.0 Å². The highest BCUT2D eigenvalue weighted by Gasteiger charge is 2.31. The van der Waals surface area contributed by atoms with Crippen LogP contribution in [-0.2, 0) is 4.74 Å². The van der Waals surface area contributed by atoms with Crippen molar-refractivity contribution in [3.8, 4) is 0 Å². The molecular formula is C15H28N2O2S. The maximum atomic E-state index is 12.2. The fourth-order valence-corrected chi connectivity index (χ4v) is 4.09. The second kappa shape index (κ2) is 7.03. The Balaban J connectivity index is 1.73. The molecule has 0 aromatic heterocycles. The van der Waals surface area contributed by atoms with Gasteiger partial charge in [-0.2, -0.15) is 11.8 Å². The quantitative estimate of drug-likeness (QED) is 0.867. The normalized spacial score (nSPS) is 27.1. The van der Waals surface area contributed by atoms with Gasteiger partial charge >= 0.3 is 6.09 Å². The summed E-state index contributed by atoms with van der Waals surface area (Å²) in [4.78, 5) is 14.1. The predicted molar refractivity (Wildman–Crippen MR) is 84.3 cm³/mol. The zero-order valence-corrected chi connectivity index (χ0v) is 13.8.